The van der Waals surface area contributed by atoms with Gasteiger partial charge in [-0.1, -0.05) is 12.8 Å². The lowest BCUT2D eigenvalue weighted by Gasteiger charge is -2.11. The number of hydrogen-bond donors (Lipinski definition) is 1. The molecule has 1 aliphatic carbocycles. The number of rotatable bonds is 3. The molecule has 1 aromatic heterocycles. The van der Waals surface area contributed by atoms with Crippen molar-refractivity contribution in [3.05, 3.63) is 29.8 Å². The van der Waals surface area contributed by atoms with E-state index in [1.165, 1.54) is 12.3 Å². The van der Waals surface area contributed by atoms with Crippen molar-refractivity contribution in [2.75, 3.05) is 0 Å². The van der Waals surface area contributed by atoms with Gasteiger partial charge in [0.25, 0.3) is 5.91 Å². The molecular weight excluding hydrogens is 211 g/mol. The van der Waals surface area contributed by atoms with Gasteiger partial charge in [0.15, 0.2) is 5.82 Å². The second-order valence-corrected chi connectivity index (χ2v) is 3.81. The van der Waals surface area contributed by atoms with Gasteiger partial charge < -0.3 is 0 Å². The Bertz CT molecular complexity index is 378. The number of nitrogens with zero attached hydrogens (tertiary/aromatic N) is 1. The minimum absolute atomic E-state index is 0.0482. The van der Waals surface area contributed by atoms with Crippen molar-refractivity contribution in [1.29, 1.82) is 0 Å². The third-order valence-electron chi connectivity index (χ3n) is 2.64. The molecule has 4 nitrogen and oxygen atoms in total. The number of nitrogens with one attached hydrogen (secondary N) is 1. The van der Waals surface area contributed by atoms with E-state index in [-0.39, 0.29) is 11.7 Å². The Hall–Kier alpha value is -1.49. The molecule has 1 amide bonds. The number of aromatic nitrogens is 1. The average molecular weight is 224 g/mol. The molecule has 16 heavy (non-hydrogen) atoms. The molecule has 1 heterocycles. The molecule has 0 unspecified atom stereocenters. The summed E-state index contributed by atoms with van der Waals surface area (Å²) in [4.78, 5) is 20.3. The van der Waals surface area contributed by atoms with Gasteiger partial charge in [0.05, 0.1) is 17.9 Å². The van der Waals surface area contributed by atoms with Gasteiger partial charge in [-0.25, -0.2) is 9.87 Å². The Kier molecular flexibility index (Phi) is 3.46. The van der Waals surface area contributed by atoms with Gasteiger partial charge in [-0.05, 0) is 18.9 Å². The number of hydrogen-bond acceptors (Lipinski definition) is 3. The third-order valence-corrected chi connectivity index (χ3v) is 2.64. The fourth-order valence-electron chi connectivity index (χ4n) is 1.76. The van der Waals surface area contributed by atoms with E-state index in [1.54, 1.807) is 0 Å². The summed E-state index contributed by atoms with van der Waals surface area (Å²) in [6, 6.07) is 1.32. The van der Waals surface area contributed by atoms with E-state index in [2.05, 4.69) is 10.5 Å². The van der Waals surface area contributed by atoms with E-state index < -0.39 is 11.7 Å². The molecule has 5 heteroatoms. The summed E-state index contributed by atoms with van der Waals surface area (Å²) in [6.07, 6.45) is 6.55. The maximum Gasteiger partial charge on any atom is 0.277 e. The summed E-state index contributed by atoms with van der Waals surface area (Å²) in [6.45, 7) is 0. The zero-order valence-electron chi connectivity index (χ0n) is 8.78. The summed E-state index contributed by atoms with van der Waals surface area (Å²) in [5, 5.41) is 0. The number of hydroxylamine groups is 1. The Morgan fingerprint density at radius 1 is 1.50 bits per heavy atom. The molecule has 86 valence electrons. The Morgan fingerprint density at radius 2 is 2.25 bits per heavy atom. The van der Waals surface area contributed by atoms with Gasteiger partial charge in [0.2, 0.25) is 0 Å². The molecule has 0 aliphatic heterocycles. The molecule has 0 radical (unpaired) electrons. The SMILES string of the molecule is O=C(NOC1CCCC1)c1ccncc1F. The average Bonchev–Trinajstić information content (AvgIpc) is 2.79. The van der Waals surface area contributed by atoms with Gasteiger partial charge in [0.1, 0.15) is 0 Å². The predicted octanol–water partition coefficient (Wildman–Crippen LogP) is 1.82. The van der Waals surface area contributed by atoms with Gasteiger partial charge in [-0.3, -0.25) is 14.6 Å². The van der Waals surface area contributed by atoms with Crippen molar-refractivity contribution in [2.24, 2.45) is 0 Å². The molecule has 0 atom stereocenters. The van der Waals surface area contributed by atoms with Crippen LogP contribution in [0, 0.1) is 5.82 Å². The zero-order chi connectivity index (χ0) is 11.4. The molecule has 2 rings (SSSR count). The first-order valence-electron chi connectivity index (χ1n) is 5.33. The lowest BCUT2D eigenvalue weighted by Crippen LogP contribution is -2.29. The summed E-state index contributed by atoms with van der Waals surface area (Å²) in [7, 11) is 0. The second-order valence-electron chi connectivity index (χ2n) is 3.81. The van der Waals surface area contributed by atoms with E-state index >= 15 is 0 Å². The Morgan fingerprint density at radius 3 is 2.94 bits per heavy atom. The molecular formula is C11H13FN2O2. The van der Waals surface area contributed by atoms with Gasteiger partial charge >= 0.3 is 0 Å². The van der Waals surface area contributed by atoms with E-state index in [9.17, 15) is 9.18 Å². The third kappa shape index (κ3) is 2.55. The highest BCUT2D eigenvalue weighted by atomic mass is 19.1. The molecule has 1 saturated carbocycles. The van der Waals surface area contributed by atoms with Crippen LogP contribution in [0.25, 0.3) is 0 Å². The summed E-state index contributed by atoms with van der Waals surface area (Å²) in [5.74, 6) is -1.21. The summed E-state index contributed by atoms with van der Waals surface area (Å²) in [5.41, 5.74) is 2.23. The standard InChI is InChI=1S/C11H13FN2O2/c12-10-7-13-6-5-9(10)11(15)14-16-8-3-1-2-4-8/h5-8H,1-4H2,(H,14,15). The highest BCUT2D eigenvalue weighted by molar-refractivity contribution is 5.93. The van der Waals surface area contributed by atoms with Crippen LogP contribution in [0.2, 0.25) is 0 Å². The number of amides is 1. The van der Waals surface area contributed by atoms with E-state index in [1.807, 2.05) is 0 Å². The predicted molar refractivity (Wildman–Crippen MR) is 55.0 cm³/mol. The topological polar surface area (TPSA) is 51.2 Å². The molecule has 0 bridgehead atoms. The number of halogens is 1. The van der Waals surface area contributed by atoms with Crippen molar-refractivity contribution < 1.29 is 14.0 Å². The van der Waals surface area contributed by atoms with Crippen molar-refractivity contribution in [3.8, 4) is 0 Å². The largest absolute Gasteiger partial charge is 0.277 e. The zero-order valence-corrected chi connectivity index (χ0v) is 8.78. The van der Waals surface area contributed by atoms with Crippen molar-refractivity contribution in [2.45, 2.75) is 31.8 Å². The first-order chi connectivity index (χ1) is 7.77. The maximum atomic E-state index is 13.2. The van der Waals surface area contributed by atoms with Crippen molar-refractivity contribution in [3.63, 3.8) is 0 Å². The van der Waals surface area contributed by atoms with Gasteiger partial charge in [-0.2, -0.15) is 0 Å². The van der Waals surface area contributed by atoms with Crippen LogP contribution in [0.1, 0.15) is 36.0 Å². The highest BCUT2D eigenvalue weighted by Gasteiger charge is 2.18. The lowest BCUT2D eigenvalue weighted by atomic mass is 10.2. The van der Waals surface area contributed by atoms with E-state index in [0.717, 1.165) is 31.9 Å². The van der Waals surface area contributed by atoms with Crippen molar-refractivity contribution in [1.82, 2.24) is 10.5 Å². The summed E-state index contributed by atoms with van der Waals surface area (Å²) >= 11 is 0. The molecule has 0 aromatic carbocycles. The Balaban J connectivity index is 1.90. The van der Waals surface area contributed by atoms with E-state index in [4.69, 9.17) is 4.84 Å². The molecule has 1 N–H and O–H groups in total. The fourth-order valence-corrected chi connectivity index (χ4v) is 1.76. The van der Waals surface area contributed by atoms with Crippen LogP contribution in [0.4, 0.5) is 4.39 Å². The lowest BCUT2D eigenvalue weighted by molar-refractivity contribution is -0.0127. The van der Waals surface area contributed by atoms with Gasteiger partial charge in [-0.15, -0.1) is 0 Å². The minimum atomic E-state index is -0.643. The van der Waals surface area contributed by atoms with Crippen LogP contribution in [-0.2, 0) is 4.84 Å². The first kappa shape index (κ1) is 11.0. The first-order valence-corrected chi connectivity index (χ1v) is 5.33. The fraction of sp³-hybridized carbons (Fsp3) is 0.455. The number of pyridine rings is 1. The van der Waals surface area contributed by atoms with Crippen LogP contribution in [-0.4, -0.2) is 17.0 Å². The van der Waals surface area contributed by atoms with Gasteiger partial charge in [0, 0.05) is 6.20 Å². The van der Waals surface area contributed by atoms with Crippen LogP contribution in [0.5, 0.6) is 0 Å². The number of carbonyl (C=O) groups is 1. The molecule has 0 spiro atoms. The molecule has 1 fully saturated rings. The van der Waals surface area contributed by atoms with Crippen LogP contribution >= 0.6 is 0 Å². The quantitative estimate of drug-likeness (QED) is 0.797. The summed E-state index contributed by atoms with van der Waals surface area (Å²) < 4.78 is 13.2. The molecule has 1 aliphatic rings. The second kappa shape index (κ2) is 5.03. The number of carbonyl (C=O) groups excluding carboxylic acids is 1. The van der Waals surface area contributed by atoms with Crippen LogP contribution in [0.3, 0.4) is 0 Å². The molecule has 1 aromatic rings. The Labute approximate surface area is 92.8 Å². The smallest absolute Gasteiger partial charge is 0.270 e. The van der Waals surface area contributed by atoms with Crippen LogP contribution < -0.4 is 5.48 Å². The van der Waals surface area contributed by atoms with Crippen molar-refractivity contribution >= 4 is 5.91 Å². The monoisotopic (exact) mass is 224 g/mol. The normalized spacial score (nSPS) is 16.3. The maximum absolute atomic E-state index is 13.2. The molecule has 0 saturated heterocycles. The minimum Gasteiger partial charge on any atom is -0.270 e. The van der Waals surface area contributed by atoms with E-state index in [0.29, 0.717) is 0 Å². The van der Waals surface area contributed by atoms with Crippen LogP contribution in [0.15, 0.2) is 18.5 Å². The highest BCUT2D eigenvalue weighted by Crippen LogP contribution is 2.20.